The van der Waals surface area contributed by atoms with E-state index in [2.05, 4.69) is 11.8 Å². The van der Waals surface area contributed by atoms with Crippen molar-refractivity contribution in [2.24, 2.45) is 0 Å². The van der Waals surface area contributed by atoms with Gasteiger partial charge in [-0.2, -0.15) is 0 Å². The van der Waals surface area contributed by atoms with Crippen LogP contribution < -0.4 is 0 Å². The summed E-state index contributed by atoms with van der Waals surface area (Å²) < 4.78 is 13.8. The smallest absolute Gasteiger partial charge is 0.128 e. The van der Waals surface area contributed by atoms with Gasteiger partial charge in [0.25, 0.3) is 0 Å². The van der Waals surface area contributed by atoms with Crippen LogP contribution in [0.4, 0.5) is 4.39 Å². The summed E-state index contributed by atoms with van der Waals surface area (Å²) in [5.74, 6) is 4.86. The van der Waals surface area contributed by atoms with Crippen molar-refractivity contribution in [3.63, 3.8) is 0 Å². The van der Waals surface area contributed by atoms with Gasteiger partial charge in [0.05, 0.1) is 6.10 Å². The highest BCUT2D eigenvalue weighted by Crippen LogP contribution is 2.12. The lowest BCUT2D eigenvalue weighted by Gasteiger charge is -2.18. The van der Waals surface area contributed by atoms with Crippen LogP contribution in [0.1, 0.15) is 24.5 Å². The van der Waals surface area contributed by atoms with Crippen molar-refractivity contribution in [3.8, 4) is 11.8 Å². The molecule has 1 aromatic carbocycles. The number of benzene rings is 1. The molecular weight excluding hydrogens is 245 g/mol. The second kappa shape index (κ2) is 7.90. The van der Waals surface area contributed by atoms with Gasteiger partial charge in [-0.25, -0.2) is 4.39 Å². The average molecular weight is 265 g/mol. The van der Waals surface area contributed by atoms with Crippen molar-refractivity contribution >= 4 is 0 Å². The van der Waals surface area contributed by atoms with E-state index in [-0.39, 0.29) is 18.5 Å². The lowest BCUT2D eigenvalue weighted by atomic mass is 10.1. The molecule has 0 radical (unpaired) electrons. The largest absolute Gasteiger partial charge is 0.393 e. The molecule has 4 heteroatoms. The van der Waals surface area contributed by atoms with E-state index in [1.54, 1.807) is 19.1 Å². The summed E-state index contributed by atoms with van der Waals surface area (Å²) in [5, 5.41) is 17.8. The molecule has 104 valence electrons. The number of rotatable bonds is 5. The van der Waals surface area contributed by atoms with Crippen molar-refractivity contribution in [2.75, 3.05) is 20.2 Å². The summed E-state index contributed by atoms with van der Waals surface area (Å²) in [6.45, 7) is 2.71. The minimum absolute atomic E-state index is 0.231. The molecule has 1 atom stereocenters. The normalized spacial score (nSPS) is 12.1. The predicted molar refractivity (Wildman–Crippen MR) is 73.0 cm³/mol. The Bertz CT molecular complexity index is 463. The van der Waals surface area contributed by atoms with Crippen LogP contribution in [0, 0.1) is 17.7 Å². The summed E-state index contributed by atoms with van der Waals surface area (Å²) in [7, 11) is 1.89. The molecule has 0 bridgehead atoms. The molecule has 0 heterocycles. The van der Waals surface area contributed by atoms with E-state index in [0.29, 0.717) is 30.6 Å². The molecule has 0 spiro atoms. The predicted octanol–water partition coefficient (Wildman–Crippen LogP) is 1.37. The van der Waals surface area contributed by atoms with Crippen molar-refractivity contribution in [1.82, 2.24) is 4.90 Å². The third-order valence-electron chi connectivity index (χ3n) is 2.73. The van der Waals surface area contributed by atoms with Gasteiger partial charge >= 0.3 is 0 Å². The molecule has 0 amide bonds. The van der Waals surface area contributed by atoms with E-state index < -0.39 is 0 Å². The number of aliphatic hydroxyl groups is 2. The second-order valence-electron chi connectivity index (χ2n) is 4.64. The first-order valence-corrected chi connectivity index (χ1v) is 6.27. The maximum atomic E-state index is 13.8. The molecule has 0 fully saturated rings. The topological polar surface area (TPSA) is 43.7 Å². The zero-order valence-electron chi connectivity index (χ0n) is 11.4. The molecule has 2 N–H and O–H groups in total. The van der Waals surface area contributed by atoms with E-state index in [0.717, 1.165) is 0 Å². The fourth-order valence-corrected chi connectivity index (χ4v) is 1.67. The third kappa shape index (κ3) is 5.84. The van der Waals surface area contributed by atoms with Gasteiger partial charge in [0.15, 0.2) is 0 Å². The molecular formula is C15H20FNO2. The molecule has 0 saturated heterocycles. The van der Waals surface area contributed by atoms with Gasteiger partial charge in [0, 0.05) is 24.2 Å². The highest BCUT2D eigenvalue weighted by atomic mass is 19.1. The van der Waals surface area contributed by atoms with Gasteiger partial charge in [0.2, 0.25) is 0 Å². The molecule has 1 unspecified atom stereocenters. The summed E-state index contributed by atoms with van der Waals surface area (Å²) in [4.78, 5) is 1.96. The van der Waals surface area contributed by atoms with Crippen molar-refractivity contribution in [3.05, 3.63) is 35.1 Å². The molecule has 19 heavy (non-hydrogen) atoms. The number of nitrogens with zero attached hydrogens (tertiary/aromatic N) is 1. The highest BCUT2D eigenvalue weighted by molar-refractivity contribution is 5.37. The van der Waals surface area contributed by atoms with Crippen LogP contribution in [-0.4, -0.2) is 41.4 Å². The van der Waals surface area contributed by atoms with E-state index in [1.807, 2.05) is 11.9 Å². The fourth-order valence-electron chi connectivity index (χ4n) is 1.67. The first-order valence-electron chi connectivity index (χ1n) is 6.27. The van der Waals surface area contributed by atoms with Gasteiger partial charge in [-0.1, -0.05) is 17.9 Å². The average Bonchev–Trinajstić information content (AvgIpc) is 2.37. The molecule has 0 aromatic heterocycles. The van der Waals surface area contributed by atoms with Gasteiger partial charge in [-0.05, 0) is 32.5 Å². The molecule has 0 aliphatic rings. The van der Waals surface area contributed by atoms with Gasteiger partial charge in [0.1, 0.15) is 12.4 Å². The van der Waals surface area contributed by atoms with Gasteiger partial charge in [-0.3, -0.25) is 0 Å². The SMILES string of the molecule is CC(O)CCN(C)Cc1ccc(C#CCO)cc1F. The lowest BCUT2D eigenvalue weighted by Crippen LogP contribution is -2.22. The van der Waals surface area contributed by atoms with E-state index in [4.69, 9.17) is 5.11 Å². The Hall–Kier alpha value is -1.41. The minimum Gasteiger partial charge on any atom is -0.393 e. The second-order valence-corrected chi connectivity index (χ2v) is 4.64. The van der Waals surface area contributed by atoms with E-state index in [1.165, 1.54) is 6.07 Å². The Labute approximate surface area is 113 Å². The van der Waals surface area contributed by atoms with Crippen LogP contribution in [0.15, 0.2) is 18.2 Å². The number of halogens is 1. The van der Waals surface area contributed by atoms with Gasteiger partial charge < -0.3 is 15.1 Å². The summed E-state index contributed by atoms with van der Waals surface area (Å²) in [5.41, 5.74) is 1.16. The molecule has 1 aromatic rings. The molecule has 0 aliphatic heterocycles. The molecule has 0 aliphatic carbocycles. The molecule has 3 nitrogen and oxygen atoms in total. The Morgan fingerprint density at radius 1 is 1.42 bits per heavy atom. The van der Waals surface area contributed by atoms with Crippen LogP contribution in [0.2, 0.25) is 0 Å². The van der Waals surface area contributed by atoms with Crippen LogP contribution >= 0.6 is 0 Å². The van der Waals surface area contributed by atoms with Crippen molar-refractivity contribution in [2.45, 2.75) is 26.0 Å². The standard InChI is InChI=1S/C15H20FNO2/c1-12(19)7-8-17(2)11-14-6-5-13(4-3-9-18)10-15(14)16/h5-6,10,12,18-19H,7-9,11H2,1-2H3. The molecule has 0 saturated carbocycles. The maximum Gasteiger partial charge on any atom is 0.128 e. The fraction of sp³-hybridized carbons (Fsp3) is 0.467. The van der Waals surface area contributed by atoms with Crippen molar-refractivity contribution < 1.29 is 14.6 Å². The van der Waals surface area contributed by atoms with Crippen LogP contribution in [0.3, 0.4) is 0 Å². The maximum absolute atomic E-state index is 13.8. The monoisotopic (exact) mass is 265 g/mol. The Morgan fingerprint density at radius 3 is 2.74 bits per heavy atom. The quantitative estimate of drug-likeness (QED) is 0.790. The molecule has 1 rings (SSSR count). The van der Waals surface area contributed by atoms with Gasteiger partial charge in [-0.15, -0.1) is 0 Å². The minimum atomic E-state index is -0.344. The summed E-state index contributed by atoms with van der Waals surface area (Å²) >= 11 is 0. The zero-order chi connectivity index (χ0) is 14.3. The van der Waals surface area contributed by atoms with Crippen LogP contribution in [-0.2, 0) is 6.54 Å². The van der Waals surface area contributed by atoms with Crippen LogP contribution in [0.25, 0.3) is 0 Å². The number of hydrogen-bond donors (Lipinski definition) is 2. The third-order valence-corrected chi connectivity index (χ3v) is 2.73. The Morgan fingerprint density at radius 2 is 2.16 bits per heavy atom. The summed E-state index contributed by atoms with van der Waals surface area (Å²) in [6, 6.07) is 4.82. The first kappa shape index (κ1) is 15.6. The van der Waals surface area contributed by atoms with Crippen molar-refractivity contribution in [1.29, 1.82) is 0 Å². The highest BCUT2D eigenvalue weighted by Gasteiger charge is 2.07. The van der Waals surface area contributed by atoms with E-state index in [9.17, 15) is 9.50 Å². The Kier molecular flexibility index (Phi) is 6.51. The lowest BCUT2D eigenvalue weighted by molar-refractivity contribution is 0.162. The number of hydrogen-bond acceptors (Lipinski definition) is 3. The zero-order valence-corrected chi connectivity index (χ0v) is 11.4. The van der Waals surface area contributed by atoms with Crippen LogP contribution in [0.5, 0.6) is 0 Å². The first-order chi connectivity index (χ1) is 9.02. The Balaban J connectivity index is 2.64. The number of aliphatic hydroxyl groups excluding tert-OH is 2. The van der Waals surface area contributed by atoms with E-state index >= 15 is 0 Å². The summed E-state index contributed by atoms with van der Waals surface area (Å²) in [6.07, 6.45) is 0.321.